The minimum Gasteiger partial charge on any atom is -0.481 e. The first-order valence-corrected chi connectivity index (χ1v) is 9.93. The lowest BCUT2D eigenvalue weighted by Gasteiger charge is -2.06. The van der Waals surface area contributed by atoms with Crippen LogP contribution in [0, 0.1) is 6.92 Å². The van der Waals surface area contributed by atoms with E-state index in [0.29, 0.717) is 11.3 Å². The van der Waals surface area contributed by atoms with Crippen LogP contribution in [0.5, 0.6) is 0 Å². The number of thiophene rings is 1. The Kier molecular flexibility index (Phi) is 4.90. The van der Waals surface area contributed by atoms with Crippen LogP contribution in [0.2, 0.25) is 0 Å². The highest BCUT2D eigenvalue weighted by atomic mass is 32.1. The fraction of sp³-hybridized carbons (Fsp3) is 0.136. The van der Waals surface area contributed by atoms with Gasteiger partial charge in [0, 0.05) is 6.42 Å². The van der Waals surface area contributed by atoms with Gasteiger partial charge in [0.15, 0.2) is 0 Å². The highest BCUT2D eigenvalue weighted by molar-refractivity contribution is 7.16. The van der Waals surface area contributed by atoms with E-state index in [-0.39, 0.29) is 6.42 Å². The molecule has 4 aromatic rings. The predicted octanol–water partition coefficient (Wildman–Crippen LogP) is 4.18. The van der Waals surface area contributed by atoms with Gasteiger partial charge in [0.05, 0.1) is 15.9 Å². The van der Waals surface area contributed by atoms with Crippen molar-refractivity contribution in [2.45, 2.75) is 19.8 Å². The number of benzene rings is 2. The summed E-state index contributed by atoms with van der Waals surface area (Å²) in [6.07, 6.45) is 2.36. The molecule has 29 heavy (non-hydrogen) atoms. The number of carbonyl (C=O) groups excluding carboxylic acids is 1. The fourth-order valence-electron chi connectivity index (χ4n) is 3.35. The van der Waals surface area contributed by atoms with Crippen molar-refractivity contribution in [1.29, 1.82) is 0 Å². The Morgan fingerprint density at radius 2 is 1.93 bits per heavy atom. The minimum absolute atomic E-state index is 0.112. The summed E-state index contributed by atoms with van der Waals surface area (Å²) in [7, 11) is 0. The maximum atomic E-state index is 11.6. The van der Waals surface area contributed by atoms with Gasteiger partial charge in [-0.25, -0.2) is 4.98 Å². The van der Waals surface area contributed by atoms with E-state index < -0.39 is 11.9 Å². The third kappa shape index (κ3) is 3.77. The monoisotopic (exact) mass is 405 g/mol. The van der Waals surface area contributed by atoms with Crippen molar-refractivity contribution in [3.8, 4) is 16.1 Å². The topological polar surface area (TPSA) is 98.2 Å². The summed E-state index contributed by atoms with van der Waals surface area (Å²) in [5, 5.41) is 9.78. The molecule has 0 atom stereocenters. The Balaban J connectivity index is 1.68. The van der Waals surface area contributed by atoms with Crippen LogP contribution >= 0.6 is 11.3 Å². The zero-order valence-electron chi connectivity index (χ0n) is 15.8. The lowest BCUT2D eigenvalue weighted by molar-refractivity contribution is -0.136. The van der Waals surface area contributed by atoms with Gasteiger partial charge < -0.3 is 10.8 Å². The van der Waals surface area contributed by atoms with E-state index in [1.165, 1.54) is 11.3 Å². The lowest BCUT2D eigenvalue weighted by atomic mass is 10.0. The van der Waals surface area contributed by atoms with Crippen molar-refractivity contribution in [2.24, 2.45) is 5.73 Å². The number of nitrogens with two attached hydrogens (primary N) is 1. The van der Waals surface area contributed by atoms with Gasteiger partial charge in [-0.1, -0.05) is 30.3 Å². The third-order valence-corrected chi connectivity index (χ3v) is 6.05. The first-order chi connectivity index (χ1) is 13.9. The molecule has 2 aromatic carbocycles. The van der Waals surface area contributed by atoms with Gasteiger partial charge in [0.25, 0.3) is 5.91 Å². The van der Waals surface area contributed by atoms with E-state index in [1.807, 2.05) is 60.0 Å². The molecule has 3 N–H and O–H groups in total. The minimum atomic E-state index is -0.800. The van der Waals surface area contributed by atoms with Crippen LogP contribution in [-0.2, 0) is 11.2 Å². The molecule has 2 aromatic heterocycles. The number of aryl methyl sites for hydroxylation is 2. The maximum absolute atomic E-state index is 11.6. The first kappa shape index (κ1) is 18.9. The molecule has 0 spiro atoms. The number of imidazole rings is 1. The Morgan fingerprint density at radius 1 is 1.14 bits per heavy atom. The van der Waals surface area contributed by atoms with Crippen LogP contribution in [0.15, 0.2) is 54.9 Å². The molecule has 0 saturated heterocycles. The van der Waals surface area contributed by atoms with Crippen molar-refractivity contribution in [3.05, 3.63) is 70.9 Å². The van der Waals surface area contributed by atoms with Crippen molar-refractivity contribution < 1.29 is 14.7 Å². The molecule has 2 heterocycles. The Labute approximate surface area is 171 Å². The number of amides is 1. The van der Waals surface area contributed by atoms with Crippen molar-refractivity contribution >= 4 is 34.2 Å². The van der Waals surface area contributed by atoms with E-state index in [4.69, 9.17) is 10.8 Å². The summed E-state index contributed by atoms with van der Waals surface area (Å²) in [6, 6.07) is 15.9. The van der Waals surface area contributed by atoms with E-state index in [9.17, 15) is 9.59 Å². The van der Waals surface area contributed by atoms with E-state index in [0.717, 1.165) is 38.3 Å². The lowest BCUT2D eigenvalue weighted by Crippen LogP contribution is -2.09. The number of carboxylic acid groups (broad SMARTS) is 1. The molecule has 146 valence electrons. The molecule has 4 rings (SSSR count). The Morgan fingerprint density at radius 3 is 2.66 bits per heavy atom. The summed E-state index contributed by atoms with van der Waals surface area (Å²) in [5.41, 5.74) is 11.1. The number of aliphatic carboxylic acids is 1. The molecule has 0 aliphatic carbocycles. The van der Waals surface area contributed by atoms with Gasteiger partial charge in [-0.3, -0.25) is 14.2 Å². The summed E-state index contributed by atoms with van der Waals surface area (Å²) in [4.78, 5) is 27.4. The molecule has 7 heteroatoms. The van der Waals surface area contributed by atoms with Gasteiger partial charge in [-0.2, -0.15) is 0 Å². The standard InChI is InChI=1S/C22H19N3O3S/c1-13-9-19(29-21(13)22(23)28)25-12-24-17-11-16(6-7-18(17)25)15-4-2-3-14(10-15)5-8-20(26)27/h2-4,6-7,9-12H,5,8H2,1H3,(H2,23,28)(H,26,27). The summed E-state index contributed by atoms with van der Waals surface area (Å²) < 4.78 is 1.95. The first-order valence-electron chi connectivity index (χ1n) is 9.11. The van der Waals surface area contributed by atoms with Crippen LogP contribution in [0.4, 0.5) is 0 Å². The van der Waals surface area contributed by atoms with E-state index in [2.05, 4.69) is 4.98 Å². The highest BCUT2D eigenvalue weighted by Gasteiger charge is 2.14. The molecule has 0 aliphatic heterocycles. The molecule has 0 radical (unpaired) electrons. The van der Waals surface area contributed by atoms with Gasteiger partial charge in [-0.15, -0.1) is 11.3 Å². The smallest absolute Gasteiger partial charge is 0.303 e. The number of carboxylic acids is 1. The number of carbonyl (C=O) groups is 2. The van der Waals surface area contributed by atoms with Crippen LogP contribution < -0.4 is 5.73 Å². The number of primary amides is 1. The second-order valence-electron chi connectivity index (χ2n) is 6.87. The van der Waals surface area contributed by atoms with E-state index >= 15 is 0 Å². The number of rotatable bonds is 6. The van der Waals surface area contributed by atoms with Gasteiger partial charge >= 0.3 is 5.97 Å². The normalized spacial score (nSPS) is 11.1. The number of aromatic nitrogens is 2. The Hall–Kier alpha value is -3.45. The predicted molar refractivity (Wildman–Crippen MR) is 114 cm³/mol. The van der Waals surface area contributed by atoms with Crippen molar-refractivity contribution in [1.82, 2.24) is 9.55 Å². The number of hydrogen-bond acceptors (Lipinski definition) is 4. The average Bonchev–Trinajstić information content (AvgIpc) is 3.29. The third-order valence-electron chi connectivity index (χ3n) is 4.80. The maximum Gasteiger partial charge on any atom is 0.303 e. The summed E-state index contributed by atoms with van der Waals surface area (Å²) in [5.74, 6) is -1.22. The van der Waals surface area contributed by atoms with Crippen molar-refractivity contribution in [3.63, 3.8) is 0 Å². The van der Waals surface area contributed by atoms with Crippen LogP contribution in [0.3, 0.4) is 0 Å². The number of nitrogens with zero attached hydrogens (tertiary/aromatic N) is 2. The molecule has 1 amide bonds. The zero-order valence-corrected chi connectivity index (χ0v) is 16.6. The molecular weight excluding hydrogens is 386 g/mol. The number of hydrogen-bond donors (Lipinski definition) is 2. The molecule has 6 nitrogen and oxygen atoms in total. The zero-order chi connectivity index (χ0) is 20.5. The average molecular weight is 405 g/mol. The molecule has 0 aliphatic rings. The highest BCUT2D eigenvalue weighted by Crippen LogP contribution is 2.30. The second-order valence-corrected chi connectivity index (χ2v) is 7.90. The quantitative estimate of drug-likeness (QED) is 0.503. The summed E-state index contributed by atoms with van der Waals surface area (Å²) in [6.45, 7) is 1.87. The number of fused-ring (bicyclic) bond motifs is 1. The molecule has 0 unspecified atom stereocenters. The molecule has 0 fully saturated rings. The van der Waals surface area contributed by atoms with Crippen molar-refractivity contribution in [2.75, 3.05) is 0 Å². The van der Waals surface area contributed by atoms with Crippen LogP contribution in [0.25, 0.3) is 27.2 Å². The Bertz CT molecular complexity index is 1240. The molecule has 0 bridgehead atoms. The van der Waals surface area contributed by atoms with Gasteiger partial charge in [0.1, 0.15) is 11.3 Å². The van der Waals surface area contributed by atoms with Gasteiger partial charge in [0.2, 0.25) is 0 Å². The van der Waals surface area contributed by atoms with E-state index in [1.54, 1.807) is 6.33 Å². The second kappa shape index (κ2) is 7.52. The summed E-state index contributed by atoms with van der Waals surface area (Å²) >= 11 is 1.35. The largest absolute Gasteiger partial charge is 0.481 e. The SMILES string of the molecule is Cc1cc(-n2cnc3cc(-c4cccc(CCC(=O)O)c4)ccc32)sc1C(N)=O. The van der Waals surface area contributed by atoms with Crippen LogP contribution in [-0.4, -0.2) is 26.5 Å². The molecule has 0 saturated carbocycles. The molecular formula is C22H19N3O3S. The van der Waals surface area contributed by atoms with Crippen LogP contribution in [0.1, 0.15) is 27.2 Å². The van der Waals surface area contributed by atoms with Gasteiger partial charge in [-0.05, 0) is 53.8 Å². The fourth-order valence-corrected chi connectivity index (χ4v) is 4.36.